The zero-order chi connectivity index (χ0) is 24.9. The number of hydrogen-bond donors (Lipinski definition) is 1. The molecule has 1 N–H and O–H groups in total. The standard InChI is InChI=1S/C25H26F2N6O2/c1-15-28-24(33(30-15)21-8-5-16(26)11-19(21)27)20-13-32-9-10-35-22-12-17(31(4)14-25(2,3)34)6-7-18(22)23(32)29-20/h5-8,11-13,34H,9-10,14H2,1-4H3. The lowest BCUT2D eigenvalue weighted by molar-refractivity contribution is 0.0886. The molecule has 0 atom stereocenters. The Morgan fingerprint density at radius 1 is 1.11 bits per heavy atom. The van der Waals surface area contributed by atoms with Gasteiger partial charge in [-0.05, 0) is 45.0 Å². The second-order valence-corrected chi connectivity index (χ2v) is 9.33. The maximum absolute atomic E-state index is 14.5. The van der Waals surface area contributed by atoms with Crippen LogP contribution >= 0.6 is 0 Å². The van der Waals surface area contributed by atoms with Gasteiger partial charge in [-0.15, -0.1) is 0 Å². The Morgan fingerprint density at radius 3 is 2.66 bits per heavy atom. The van der Waals surface area contributed by atoms with Crippen molar-refractivity contribution in [2.75, 3.05) is 25.1 Å². The van der Waals surface area contributed by atoms with Crippen LogP contribution in [-0.2, 0) is 6.54 Å². The molecule has 0 radical (unpaired) electrons. The minimum atomic E-state index is -0.842. The van der Waals surface area contributed by atoms with Gasteiger partial charge in [0.2, 0.25) is 0 Å². The van der Waals surface area contributed by atoms with E-state index in [2.05, 4.69) is 10.1 Å². The van der Waals surface area contributed by atoms with Gasteiger partial charge < -0.3 is 19.3 Å². The summed E-state index contributed by atoms with van der Waals surface area (Å²) in [5.74, 6) is 0.771. The molecule has 35 heavy (non-hydrogen) atoms. The smallest absolute Gasteiger partial charge is 0.183 e. The summed E-state index contributed by atoms with van der Waals surface area (Å²) in [5, 5.41) is 14.5. The van der Waals surface area contributed by atoms with Gasteiger partial charge in [-0.25, -0.2) is 23.4 Å². The molecule has 1 aliphatic rings. The molecule has 2 aromatic carbocycles. The maximum atomic E-state index is 14.5. The van der Waals surface area contributed by atoms with Gasteiger partial charge in [-0.2, -0.15) is 5.10 Å². The van der Waals surface area contributed by atoms with Crippen LogP contribution in [-0.4, -0.2) is 55.2 Å². The maximum Gasteiger partial charge on any atom is 0.183 e. The second kappa shape index (κ2) is 8.46. The molecule has 8 nitrogen and oxygen atoms in total. The Morgan fingerprint density at radius 2 is 1.91 bits per heavy atom. The van der Waals surface area contributed by atoms with Gasteiger partial charge in [0.1, 0.15) is 41.2 Å². The van der Waals surface area contributed by atoms with Crippen LogP contribution in [0.4, 0.5) is 14.5 Å². The number of nitrogens with zero attached hydrogens (tertiary/aromatic N) is 6. The first-order valence-electron chi connectivity index (χ1n) is 11.3. The molecule has 0 saturated carbocycles. The highest BCUT2D eigenvalue weighted by Gasteiger charge is 2.24. The van der Waals surface area contributed by atoms with E-state index in [-0.39, 0.29) is 5.69 Å². The molecule has 0 amide bonds. The monoisotopic (exact) mass is 480 g/mol. The highest BCUT2D eigenvalue weighted by Crippen LogP contribution is 2.36. The molecule has 0 bridgehead atoms. The average Bonchev–Trinajstić information content (AvgIpc) is 3.31. The summed E-state index contributed by atoms with van der Waals surface area (Å²) >= 11 is 0. The lowest BCUT2D eigenvalue weighted by Crippen LogP contribution is -2.36. The predicted molar refractivity (Wildman–Crippen MR) is 128 cm³/mol. The van der Waals surface area contributed by atoms with E-state index in [9.17, 15) is 13.9 Å². The number of benzene rings is 2. The van der Waals surface area contributed by atoms with E-state index in [1.807, 2.05) is 40.9 Å². The number of aliphatic hydroxyl groups is 1. The van der Waals surface area contributed by atoms with Crippen molar-refractivity contribution in [2.45, 2.75) is 32.9 Å². The molecule has 2 aromatic heterocycles. The van der Waals surface area contributed by atoms with E-state index in [0.29, 0.717) is 48.6 Å². The second-order valence-electron chi connectivity index (χ2n) is 9.33. The lowest BCUT2D eigenvalue weighted by atomic mass is 10.1. The van der Waals surface area contributed by atoms with Crippen molar-refractivity contribution in [1.29, 1.82) is 0 Å². The number of likely N-dealkylation sites (N-methyl/N-ethyl adjacent to an activating group) is 1. The number of aryl methyl sites for hydroxylation is 1. The zero-order valence-corrected chi connectivity index (χ0v) is 20.0. The van der Waals surface area contributed by atoms with Crippen LogP contribution in [0.25, 0.3) is 28.6 Å². The predicted octanol–water partition coefficient (Wildman–Crippen LogP) is 3.98. The number of hydrogen-bond acceptors (Lipinski definition) is 6. The Kier molecular flexibility index (Phi) is 5.55. The van der Waals surface area contributed by atoms with Crippen molar-refractivity contribution < 1.29 is 18.6 Å². The van der Waals surface area contributed by atoms with Crippen molar-refractivity contribution >= 4 is 5.69 Å². The van der Waals surface area contributed by atoms with E-state index in [1.54, 1.807) is 20.8 Å². The molecule has 10 heteroatoms. The van der Waals surface area contributed by atoms with Gasteiger partial charge in [0, 0.05) is 37.6 Å². The molecule has 4 aromatic rings. The molecule has 0 unspecified atom stereocenters. The fraction of sp³-hybridized carbons (Fsp3) is 0.320. The van der Waals surface area contributed by atoms with Gasteiger partial charge in [-0.1, -0.05) is 0 Å². The van der Waals surface area contributed by atoms with Crippen LogP contribution in [0.5, 0.6) is 5.75 Å². The summed E-state index contributed by atoms with van der Waals surface area (Å²) in [6.07, 6.45) is 1.84. The third kappa shape index (κ3) is 4.49. The summed E-state index contributed by atoms with van der Waals surface area (Å²) in [7, 11) is 1.92. The fourth-order valence-electron chi connectivity index (χ4n) is 4.29. The molecule has 182 valence electrons. The number of imidazole rings is 1. The Bertz CT molecular complexity index is 1410. The van der Waals surface area contributed by atoms with Crippen LogP contribution in [0.15, 0.2) is 42.6 Å². The third-order valence-electron chi connectivity index (χ3n) is 5.72. The van der Waals surface area contributed by atoms with Crippen molar-refractivity contribution in [2.24, 2.45) is 0 Å². The molecule has 3 heterocycles. The number of rotatable bonds is 5. The van der Waals surface area contributed by atoms with Crippen LogP contribution < -0.4 is 9.64 Å². The Hall–Kier alpha value is -3.79. The molecular formula is C25H26F2N6O2. The lowest BCUT2D eigenvalue weighted by Gasteiger charge is -2.27. The molecule has 0 fully saturated rings. The zero-order valence-electron chi connectivity index (χ0n) is 20.0. The quantitative estimate of drug-likeness (QED) is 0.465. The van der Waals surface area contributed by atoms with Crippen molar-refractivity contribution in [3.05, 3.63) is 60.1 Å². The molecule has 0 spiro atoms. The fourth-order valence-corrected chi connectivity index (χ4v) is 4.29. The van der Waals surface area contributed by atoms with Gasteiger partial charge in [-0.3, -0.25) is 0 Å². The average molecular weight is 481 g/mol. The highest BCUT2D eigenvalue weighted by atomic mass is 19.1. The van der Waals surface area contributed by atoms with Crippen LogP contribution in [0.3, 0.4) is 0 Å². The number of anilines is 1. The van der Waals surface area contributed by atoms with Crippen LogP contribution in [0, 0.1) is 18.6 Å². The van der Waals surface area contributed by atoms with Crippen molar-refractivity contribution in [1.82, 2.24) is 24.3 Å². The van der Waals surface area contributed by atoms with E-state index in [1.165, 1.54) is 16.8 Å². The van der Waals surface area contributed by atoms with Crippen molar-refractivity contribution in [3.8, 4) is 34.3 Å². The molecule has 5 rings (SSSR count). The first-order valence-corrected chi connectivity index (χ1v) is 11.3. The largest absolute Gasteiger partial charge is 0.491 e. The Balaban J connectivity index is 1.55. The Labute approximate surface area is 201 Å². The molecule has 0 aliphatic carbocycles. The number of fused-ring (bicyclic) bond motifs is 3. The number of ether oxygens (including phenoxy) is 1. The minimum Gasteiger partial charge on any atom is -0.491 e. The summed E-state index contributed by atoms with van der Waals surface area (Å²) in [5.41, 5.74) is 1.48. The first kappa shape index (κ1) is 23.0. The first-order chi connectivity index (χ1) is 16.6. The van der Waals surface area contributed by atoms with Gasteiger partial charge in [0.15, 0.2) is 11.6 Å². The van der Waals surface area contributed by atoms with Gasteiger partial charge in [0.05, 0.1) is 17.7 Å². The van der Waals surface area contributed by atoms with Gasteiger partial charge >= 0.3 is 0 Å². The molecule has 1 aliphatic heterocycles. The molecule has 0 saturated heterocycles. The summed E-state index contributed by atoms with van der Waals surface area (Å²) < 4.78 is 37.3. The topological polar surface area (TPSA) is 81.2 Å². The number of aromatic nitrogens is 5. The van der Waals surface area contributed by atoms with E-state index in [0.717, 1.165) is 17.3 Å². The highest BCUT2D eigenvalue weighted by molar-refractivity contribution is 5.72. The number of halogens is 2. The molecular weight excluding hydrogens is 454 g/mol. The van der Waals surface area contributed by atoms with E-state index < -0.39 is 17.2 Å². The summed E-state index contributed by atoms with van der Waals surface area (Å²) in [6, 6.07) is 9.16. The van der Waals surface area contributed by atoms with Gasteiger partial charge in [0.25, 0.3) is 0 Å². The van der Waals surface area contributed by atoms with Crippen LogP contribution in [0.2, 0.25) is 0 Å². The normalized spacial score (nSPS) is 13.1. The third-order valence-corrected chi connectivity index (χ3v) is 5.72. The summed E-state index contributed by atoms with van der Waals surface area (Å²) in [6.45, 7) is 6.69. The van der Waals surface area contributed by atoms with Crippen molar-refractivity contribution in [3.63, 3.8) is 0 Å². The summed E-state index contributed by atoms with van der Waals surface area (Å²) in [4.78, 5) is 11.2. The van der Waals surface area contributed by atoms with Crippen LogP contribution in [0.1, 0.15) is 19.7 Å². The SMILES string of the molecule is Cc1nc(-c2cn3c(n2)-c2ccc(N(C)CC(C)(C)O)cc2OCC3)n(-c2ccc(F)cc2F)n1. The minimum absolute atomic E-state index is 0.0911. The van der Waals surface area contributed by atoms with E-state index in [4.69, 9.17) is 9.72 Å². The van der Waals surface area contributed by atoms with E-state index >= 15 is 0 Å².